The van der Waals surface area contributed by atoms with E-state index in [0.29, 0.717) is 18.4 Å². The number of nitrogens with zero attached hydrogens (tertiary/aromatic N) is 2. The van der Waals surface area contributed by atoms with E-state index in [1.165, 1.54) is 0 Å². The summed E-state index contributed by atoms with van der Waals surface area (Å²) in [6.45, 7) is 7.33. The molecule has 1 heterocycles. The summed E-state index contributed by atoms with van der Waals surface area (Å²) in [5.74, 6) is 1.22. The zero-order valence-electron chi connectivity index (χ0n) is 10.9. The largest absolute Gasteiger partial charge is 0.478 e. The van der Waals surface area contributed by atoms with Crippen molar-refractivity contribution in [3.05, 3.63) is 11.8 Å². The maximum Gasteiger partial charge on any atom is 0.226 e. The van der Waals surface area contributed by atoms with Crippen molar-refractivity contribution in [2.45, 2.75) is 39.7 Å². The minimum Gasteiger partial charge on any atom is -0.478 e. The zero-order valence-corrected chi connectivity index (χ0v) is 10.9. The van der Waals surface area contributed by atoms with Crippen LogP contribution in [0.15, 0.2) is 6.07 Å². The summed E-state index contributed by atoms with van der Waals surface area (Å²) in [7, 11) is 0. The van der Waals surface area contributed by atoms with Crippen LogP contribution in [0, 0.1) is 6.92 Å². The van der Waals surface area contributed by atoms with Crippen molar-refractivity contribution in [1.29, 1.82) is 0 Å². The van der Waals surface area contributed by atoms with Crippen molar-refractivity contribution in [3.8, 4) is 5.88 Å². The van der Waals surface area contributed by atoms with Gasteiger partial charge in [0, 0.05) is 24.3 Å². The van der Waals surface area contributed by atoms with Crippen LogP contribution in [0.25, 0.3) is 0 Å². The topological polar surface area (TPSA) is 73.1 Å². The number of aryl methyl sites for hydroxylation is 1. The Kier molecular flexibility index (Phi) is 5.69. The molecule has 0 saturated carbocycles. The first-order chi connectivity index (χ1) is 8.15. The minimum atomic E-state index is 0.235. The Balaban J connectivity index is 2.52. The first-order valence-corrected chi connectivity index (χ1v) is 6.13. The molecule has 96 valence electrons. The molecule has 17 heavy (non-hydrogen) atoms. The maximum absolute atomic E-state index is 5.84. The van der Waals surface area contributed by atoms with Gasteiger partial charge in [-0.1, -0.05) is 6.92 Å². The number of rotatable bonds is 7. The van der Waals surface area contributed by atoms with Crippen molar-refractivity contribution in [2.75, 3.05) is 18.5 Å². The van der Waals surface area contributed by atoms with Crippen LogP contribution >= 0.6 is 0 Å². The number of hydrogen-bond donors (Lipinski definition) is 2. The van der Waals surface area contributed by atoms with Gasteiger partial charge in [-0.3, -0.25) is 0 Å². The van der Waals surface area contributed by atoms with E-state index in [1.54, 1.807) is 0 Å². The van der Waals surface area contributed by atoms with Crippen molar-refractivity contribution in [3.63, 3.8) is 0 Å². The SMILES string of the molecule is CCOc1cc(C)nc(NCCC(N)CC)n1. The Hall–Kier alpha value is -1.36. The molecule has 1 unspecified atom stereocenters. The molecule has 0 bridgehead atoms. The smallest absolute Gasteiger partial charge is 0.226 e. The van der Waals surface area contributed by atoms with Gasteiger partial charge in [0.25, 0.3) is 0 Å². The van der Waals surface area contributed by atoms with Crippen LogP contribution < -0.4 is 15.8 Å². The number of hydrogen-bond acceptors (Lipinski definition) is 5. The molecule has 1 aromatic heterocycles. The summed E-state index contributed by atoms with van der Waals surface area (Å²) in [4.78, 5) is 8.56. The molecule has 0 radical (unpaired) electrons. The Bertz CT molecular complexity index is 343. The molecule has 3 N–H and O–H groups in total. The molecule has 0 fully saturated rings. The van der Waals surface area contributed by atoms with Crippen molar-refractivity contribution >= 4 is 5.95 Å². The van der Waals surface area contributed by atoms with Crippen LogP contribution in [0.4, 0.5) is 5.95 Å². The van der Waals surface area contributed by atoms with Crippen LogP contribution in [0.5, 0.6) is 5.88 Å². The lowest BCUT2D eigenvalue weighted by Gasteiger charge is -2.10. The molecule has 0 saturated heterocycles. The average Bonchev–Trinajstić information content (AvgIpc) is 2.28. The highest BCUT2D eigenvalue weighted by Gasteiger charge is 2.03. The third-order valence-corrected chi connectivity index (χ3v) is 2.45. The fourth-order valence-corrected chi connectivity index (χ4v) is 1.41. The molecule has 1 atom stereocenters. The Morgan fingerprint density at radius 1 is 1.41 bits per heavy atom. The van der Waals surface area contributed by atoms with Gasteiger partial charge >= 0.3 is 0 Å². The lowest BCUT2D eigenvalue weighted by molar-refractivity contribution is 0.326. The lowest BCUT2D eigenvalue weighted by atomic mass is 10.2. The highest BCUT2D eigenvalue weighted by molar-refractivity contribution is 5.30. The second-order valence-electron chi connectivity index (χ2n) is 3.99. The van der Waals surface area contributed by atoms with Crippen molar-refractivity contribution in [2.24, 2.45) is 5.73 Å². The van der Waals surface area contributed by atoms with Gasteiger partial charge in [-0.2, -0.15) is 4.98 Å². The quantitative estimate of drug-likeness (QED) is 0.756. The van der Waals surface area contributed by atoms with Gasteiger partial charge in [0.1, 0.15) is 0 Å². The van der Waals surface area contributed by atoms with Gasteiger partial charge in [0.15, 0.2) is 0 Å². The summed E-state index contributed by atoms with van der Waals surface area (Å²) in [6, 6.07) is 2.06. The predicted octanol–water partition coefficient (Wildman–Crippen LogP) is 1.72. The van der Waals surface area contributed by atoms with Gasteiger partial charge in [-0.05, 0) is 26.7 Å². The number of anilines is 1. The molecule has 0 aliphatic rings. The number of nitrogens with two attached hydrogens (primary N) is 1. The summed E-state index contributed by atoms with van der Waals surface area (Å²) < 4.78 is 5.36. The maximum atomic E-state index is 5.84. The molecule has 1 aromatic rings. The van der Waals surface area contributed by atoms with Gasteiger partial charge in [0.05, 0.1) is 6.61 Å². The van der Waals surface area contributed by atoms with E-state index >= 15 is 0 Å². The molecule has 1 rings (SSSR count). The summed E-state index contributed by atoms with van der Waals surface area (Å²) >= 11 is 0. The fourth-order valence-electron chi connectivity index (χ4n) is 1.41. The van der Waals surface area contributed by atoms with E-state index in [9.17, 15) is 0 Å². The van der Waals surface area contributed by atoms with Crippen LogP contribution in [-0.4, -0.2) is 29.2 Å². The van der Waals surface area contributed by atoms with Gasteiger partial charge in [0.2, 0.25) is 11.8 Å². The highest BCUT2D eigenvalue weighted by Crippen LogP contribution is 2.11. The second-order valence-corrected chi connectivity index (χ2v) is 3.99. The summed E-state index contributed by atoms with van der Waals surface area (Å²) in [5.41, 5.74) is 6.73. The lowest BCUT2D eigenvalue weighted by Crippen LogP contribution is -2.22. The van der Waals surface area contributed by atoms with Gasteiger partial charge < -0.3 is 15.8 Å². The molecule has 0 amide bonds. The molecule has 5 nitrogen and oxygen atoms in total. The number of nitrogens with one attached hydrogen (secondary N) is 1. The molecule has 0 spiro atoms. The van der Waals surface area contributed by atoms with Crippen LogP contribution in [0.2, 0.25) is 0 Å². The molecule has 0 aliphatic heterocycles. The zero-order chi connectivity index (χ0) is 12.7. The molecular formula is C12H22N4O. The van der Waals surface area contributed by atoms with Crippen LogP contribution in [-0.2, 0) is 0 Å². The first kappa shape index (κ1) is 13.7. The molecule has 0 aliphatic carbocycles. The first-order valence-electron chi connectivity index (χ1n) is 6.13. The predicted molar refractivity (Wildman–Crippen MR) is 69.3 cm³/mol. The average molecular weight is 238 g/mol. The van der Waals surface area contributed by atoms with Gasteiger partial charge in [-0.25, -0.2) is 4.98 Å². The monoisotopic (exact) mass is 238 g/mol. The van der Waals surface area contributed by atoms with E-state index < -0.39 is 0 Å². The van der Waals surface area contributed by atoms with Gasteiger partial charge in [-0.15, -0.1) is 0 Å². The summed E-state index contributed by atoms with van der Waals surface area (Å²) in [6.07, 6.45) is 1.90. The third kappa shape index (κ3) is 4.99. The van der Waals surface area contributed by atoms with Crippen molar-refractivity contribution in [1.82, 2.24) is 9.97 Å². The third-order valence-electron chi connectivity index (χ3n) is 2.45. The Labute approximate surface area is 103 Å². The molecule has 0 aromatic carbocycles. The Morgan fingerprint density at radius 3 is 2.82 bits per heavy atom. The normalized spacial score (nSPS) is 12.2. The van der Waals surface area contributed by atoms with E-state index in [2.05, 4.69) is 22.2 Å². The molecule has 5 heteroatoms. The second kappa shape index (κ2) is 7.06. The minimum absolute atomic E-state index is 0.235. The standard InChI is InChI=1S/C12H22N4O/c1-4-10(13)6-7-14-12-15-9(3)8-11(16-12)17-5-2/h8,10H,4-7,13H2,1-3H3,(H,14,15,16). The van der Waals surface area contributed by atoms with Crippen molar-refractivity contribution < 1.29 is 4.74 Å². The number of ether oxygens (including phenoxy) is 1. The summed E-state index contributed by atoms with van der Waals surface area (Å²) in [5, 5.41) is 3.17. The van der Waals surface area contributed by atoms with Crippen LogP contribution in [0.3, 0.4) is 0 Å². The van der Waals surface area contributed by atoms with E-state index in [4.69, 9.17) is 10.5 Å². The van der Waals surface area contributed by atoms with Crippen LogP contribution in [0.1, 0.15) is 32.4 Å². The van der Waals surface area contributed by atoms with E-state index in [0.717, 1.165) is 25.1 Å². The van der Waals surface area contributed by atoms with E-state index in [1.807, 2.05) is 19.9 Å². The fraction of sp³-hybridized carbons (Fsp3) is 0.667. The molecular weight excluding hydrogens is 216 g/mol. The number of aromatic nitrogens is 2. The Morgan fingerprint density at radius 2 is 2.18 bits per heavy atom. The van der Waals surface area contributed by atoms with E-state index in [-0.39, 0.29) is 6.04 Å². The highest BCUT2D eigenvalue weighted by atomic mass is 16.5.